The summed E-state index contributed by atoms with van der Waals surface area (Å²) in [6.45, 7) is 4.42. The summed E-state index contributed by atoms with van der Waals surface area (Å²) in [7, 11) is 1.79. The number of hydrogen-bond donors (Lipinski definition) is 1. The molecule has 0 aliphatic carbocycles. The Hall–Kier alpha value is 0.210. The Kier molecular flexibility index (Phi) is 5.04. The third-order valence-electron chi connectivity index (χ3n) is 2.06. The van der Waals surface area contributed by atoms with Crippen LogP contribution in [0.5, 0.6) is 0 Å². The van der Waals surface area contributed by atoms with Crippen molar-refractivity contribution in [2.75, 3.05) is 20.2 Å². The highest BCUT2D eigenvalue weighted by Crippen LogP contribution is 2.12. The Balaban J connectivity index is 0.000000810. The van der Waals surface area contributed by atoms with Gasteiger partial charge in [0.1, 0.15) is 0 Å². The minimum atomic E-state index is 0. The highest BCUT2D eigenvalue weighted by atomic mass is 35.5. The van der Waals surface area contributed by atoms with E-state index in [0.717, 1.165) is 19.0 Å². The smallest absolute Gasteiger partial charge is 0.0721 e. The molecule has 1 aliphatic rings. The van der Waals surface area contributed by atoms with Gasteiger partial charge in [0, 0.05) is 13.7 Å². The molecule has 3 heteroatoms. The molecule has 0 amide bonds. The molecule has 1 rings (SSSR count). The summed E-state index contributed by atoms with van der Waals surface area (Å²) in [6, 6.07) is 0. The van der Waals surface area contributed by atoms with E-state index in [1.165, 1.54) is 6.42 Å². The highest BCUT2D eigenvalue weighted by molar-refractivity contribution is 5.85. The molecule has 1 heterocycles. The van der Waals surface area contributed by atoms with Gasteiger partial charge in [-0.1, -0.05) is 6.92 Å². The lowest BCUT2D eigenvalue weighted by Crippen LogP contribution is -2.40. The monoisotopic (exact) mass is 165 g/mol. The van der Waals surface area contributed by atoms with Gasteiger partial charge in [-0.05, 0) is 18.9 Å². The molecule has 1 saturated heterocycles. The zero-order valence-corrected chi connectivity index (χ0v) is 7.41. The molecular formula is C7H16ClNO. The Morgan fingerprint density at radius 1 is 1.50 bits per heavy atom. The van der Waals surface area contributed by atoms with Gasteiger partial charge >= 0.3 is 0 Å². The molecule has 0 aromatic rings. The topological polar surface area (TPSA) is 21.3 Å². The zero-order valence-electron chi connectivity index (χ0n) is 6.59. The minimum Gasteiger partial charge on any atom is -0.380 e. The Bertz CT molecular complexity index is 89.7. The van der Waals surface area contributed by atoms with Crippen molar-refractivity contribution in [2.45, 2.75) is 19.4 Å². The van der Waals surface area contributed by atoms with Crippen LogP contribution in [-0.2, 0) is 4.74 Å². The second-order valence-electron chi connectivity index (χ2n) is 2.74. The number of methoxy groups -OCH3 is 1. The summed E-state index contributed by atoms with van der Waals surface area (Å²) in [5, 5.41) is 3.29. The van der Waals surface area contributed by atoms with Crippen molar-refractivity contribution in [2.24, 2.45) is 5.92 Å². The van der Waals surface area contributed by atoms with Crippen molar-refractivity contribution in [1.82, 2.24) is 5.32 Å². The van der Waals surface area contributed by atoms with Crippen molar-refractivity contribution in [3.8, 4) is 0 Å². The van der Waals surface area contributed by atoms with Gasteiger partial charge < -0.3 is 10.1 Å². The molecule has 0 spiro atoms. The molecule has 10 heavy (non-hydrogen) atoms. The first-order chi connectivity index (χ1) is 4.34. The van der Waals surface area contributed by atoms with Crippen LogP contribution in [0.4, 0.5) is 0 Å². The Morgan fingerprint density at radius 3 is 2.60 bits per heavy atom. The number of hydrogen-bond acceptors (Lipinski definition) is 2. The maximum atomic E-state index is 5.24. The average Bonchev–Trinajstić information content (AvgIpc) is 1.89. The van der Waals surface area contributed by atoms with Crippen LogP contribution in [0.25, 0.3) is 0 Å². The van der Waals surface area contributed by atoms with Crippen molar-refractivity contribution in [3.63, 3.8) is 0 Å². The van der Waals surface area contributed by atoms with E-state index in [9.17, 15) is 0 Å². The molecule has 2 nitrogen and oxygen atoms in total. The van der Waals surface area contributed by atoms with Gasteiger partial charge in [-0.15, -0.1) is 12.4 Å². The largest absolute Gasteiger partial charge is 0.380 e. The number of rotatable bonds is 1. The van der Waals surface area contributed by atoms with Gasteiger partial charge in [-0.2, -0.15) is 0 Å². The van der Waals surface area contributed by atoms with Gasteiger partial charge in [0.05, 0.1) is 6.10 Å². The normalized spacial score (nSPS) is 33.0. The van der Waals surface area contributed by atoms with E-state index in [4.69, 9.17) is 4.74 Å². The van der Waals surface area contributed by atoms with Crippen LogP contribution in [0.1, 0.15) is 13.3 Å². The lowest BCUT2D eigenvalue weighted by molar-refractivity contribution is 0.0413. The first-order valence-electron chi connectivity index (χ1n) is 3.58. The second kappa shape index (κ2) is 4.94. The van der Waals surface area contributed by atoms with Crippen molar-refractivity contribution in [3.05, 3.63) is 0 Å². The van der Waals surface area contributed by atoms with Crippen LogP contribution in [0, 0.1) is 5.92 Å². The number of piperidine rings is 1. The lowest BCUT2D eigenvalue weighted by atomic mass is 9.97. The zero-order chi connectivity index (χ0) is 6.69. The van der Waals surface area contributed by atoms with Gasteiger partial charge in [0.25, 0.3) is 0 Å². The number of nitrogens with one attached hydrogen (secondary N) is 1. The average molecular weight is 166 g/mol. The van der Waals surface area contributed by atoms with E-state index in [1.54, 1.807) is 7.11 Å². The van der Waals surface area contributed by atoms with Gasteiger partial charge in [-0.25, -0.2) is 0 Å². The van der Waals surface area contributed by atoms with E-state index in [2.05, 4.69) is 12.2 Å². The van der Waals surface area contributed by atoms with E-state index in [1.807, 2.05) is 0 Å². The van der Waals surface area contributed by atoms with Crippen LogP contribution < -0.4 is 5.32 Å². The predicted molar refractivity (Wildman–Crippen MR) is 44.7 cm³/mol. The third-order valence-corrected chi connectivity index (χ3v) is 2.06. The van der Waals surface area contributed by atoms with Crippen LogP contribution in [-0.4, -0.2) is 26.3 Å². The van der Waals surface area contributed by atoms with Gasteiger partial charge in [-0.3, -0.25) is 0 Å². The van der Waals surface area contributed by atoms with E-state index >= 15 is 0 Å². The first-order valence-corrected chi connectivity index (χ1v) is 3.58. The maximum absolute atomic E-state index is 5.24. The number of halogens is 1. The molecule has 62 valence electrons. The third kappa shape index (κ3) is 2.45. The van der Waals surface area contributed by atoms with E-state index in [0.29, 0.717) is 6.10 Å². The van der Waals surface area contributed by atoms with Crippen molar-refractivity contribution in [1.29, 1.82) is 0 Å². The summed E-state index contributed by atoms with van der Waals surface area (Å²) >= 11 is 0. The van der Waals surface area contributed by atoms with E-state index < -0.39 is 0 Å². The fourth-order valence-corrected chi connectivity index (χ4v) is 1.28. The van der Waals surface area contributed by atoms with Crippen LogP contribution in [0.3, 0.4) is 0 Å². The molecule has 2 atom stereocenters. The fraction of sp³-hybridized carbons (Fsp3) is 1.00. The highest BCUT2D eigenvalue weighted by Gasteiger charge is 2.19. The van der Waals surface area contributed by atoms with E-state index in [-0.39, 0.29) is 12.4 Å². The van der Waals surface area contributed by atoms with Gasteiger partial charge in [0.2, 0.25) is 0 Å². The quantitative estimate of drug-likeness (QED) is 0.628. The maximum Gasteiger partial charge on any atom is 0.0721 e. The minimum absolute atomic E-state index is 0. The molecule has 0 saturated carbocycles. The molecule has 0 unspecified atom stereocenters. The molecule has 1 N–H and O–H groups in total. The van der Waals surface area contributed by atoms with Crippen LogP contribution in [0.15, 0.2) is 0 Å². The lowest BCUT2D eigenvalue weighted by Gasteiger charge is -2.27. The van der Waals surface area contributed by atoms with Crippen LogP contribution in [0.2, 0.25) is 0 Å². The summed E-state index contributed by atoms with van der Waals surface area (Å²) in [5.41, 5.74) is 0. The summed E-state index contributed by atoms with van der Waals surface area (Å²) in [5.74, 6) is 0.733. The summed E-state index contributed by atoms with van der Waals surface area (Å²) in [4.78, 5) is 0. The van der Waals surface area contributed by atoms with Crippen molar-refractivity contribution < 1.29 is 4.74 Å². The first kappa shape index (κ1) is 10.2. The Morgan fingerprint density at radius 2 is 2.20 bits per heavy atom. The Labute approximate surface area is 68.7 Å². The molecule has 0 aromatic carbocycles. The second-order valence-corrected chi connectivity index (χ2v) is 2.74. The molecule has 0 radical (unpaired) electrons. The molecule has 0 aromatic heterocycles. The molecule has 1 fully saturated rings. The predicted octanol–water partition coefficient (Wildman–Crippen LogP) is 1.05. The fourth-order valence-electron chi connectivity index (χ4n) is 1.28. The SMILES string of the molecule is CO[C@H]1CNCC[C@@H]1C.Cl. The van der Waals surface area contributed by atoms with Crippen molar-refractivity contribution >= 4 is 12.4 Å². The molecule has 1 aliphatic heterocycles. The van der Waals surface area contributed by atoms with Gasteiger partial charge in [0.15, 0.2) is 0 Å². The summed E-state index contributed by atoms with van der Waals surface area (Å²) in [6.07, 6.45) is 1.69. The molecule has 0 bridgehead atoms. The standard InChI is InChI=1S/C7H15NO.ClH/c1-6-3-4-8-5-7(6)9-2;/h6-8H,3-5H2,1-2H3;1H/t6-,7-;/m0./s1. The van der Waals surface area contributed by atoms with Crippen LogP contribution >= 0.6 is 12.4 Å². The summed E-state index contributed by atoms with van der Waals surface area (Å²) < 4.78 is 5.24. The molecular weight excluding hydrogens is 150 g/mol. The number of ether oxygens (including phenoxy) is 1.